The van der Waals surface area contributed by atoms with Gasteiger partial charge in [0.15, 0.2) is 0 Å². The number of nitrogens with one attached hydrogen (secondary N) is 1. The minimum atomic E-state index is 0.0969. The van der Waals surface area contributed by atoms with E-state index in [2.05, 4.69) is 55.3 Å². The molecule has 2 rings (SSSR count). The Morgan fingerprint density at radius 3 is 2.65 bits per heavy atom. The molecule has 1 aromatic carbocycles. The number of hydrogen-bond donors (Lipinski definition) is 1. The Kier molecular flexibility index (Phi) is 4.05. The van der Waals surface area contributed by atoms with Gasteiger partial charge >= 0.3 is 0 Å². The molecule has 0 aliphatic carbocycles. The van der Waals surface area contributed by atoms with Crippen LogP contribution in [0.4, 0.5) is 5.69 Å². The van der Waals surface area contributed by atoms with E-state index in [1.807, 2.05) is 18.2 Å². The summed E-state index contributed by atoms with van der Waals surface area (Å²) in [6.07, 6.45) is 1.67. The number of benzene rings is 1. The average molecular weight is 265 g/mol. The fourth-order valence-electron chi connectivity index (χ4n) is 2.13. The Balaban J connectivity index is 2.17. The maximum Gasteiger partial charge on any atom is 0.140 e. The number of nitrogens with zero attached hydrogens (tertiary/aromatic N) is 2. The van der Waals surface area contributed by atoms with Crippen LogP contribution in [0.3, 0.4) is 0 Å². The van der Waals surface area contributed by atoms with Crippen LogP contribution < -0.4 is 5.32 Å². The van der Waals surface area contributed by atoms with Crippen LogP contribution in [0.5, 0.6) is 0 Å². The molecule has 0 aliphatic rings. The van der Waals surface area contributed by atoms with Gasteiger partial charge in [-0.3, -0.25) is 0 Å². The number of nitriles is 1. The van der Waals surface area contributed by atoms with Gasteiger partial charge in [-0.2, -0.15) is 5.26 Å². The SMILES string of the molecule is CC(C)(C)c1ccccc1NCc1ccnc(C#N)c1. The predicted octanol–water partition coefficient (Wildman–Crippen LogP) is 3.86. The van der Waals surface area contributed by atoms with Gasteiger partial charge in [-0.15, -0.1) is 0 Å². The lowest BCUT2D eigenvalue weighted by molar-refractivity contribution is 0.591. The van der Waals surface area contributed by atoms with Crippen molar-refractivity contribution in [3.05, 3.63) is 59.4 Å². The number of aromatic nitrogens is 1. The molecule has 102 valence electrons. The number of hydrogen-bond acceptors (Lipinski definition) is 3. The summed E-state index contributed by atoms with van der Waals surface area (Å²) in [5, 5.41) is 12.3. The topological polar surface area (TPSA) is 48.7 Å². The van der Waals surface area contributed by atoms with E-state index in [-0.39, 0.29) is 5.41 Å². The van der Waals surface area contributed by atoms with E-state index in [0.29, 0.717) is 12.2 Å². The molecule has 0 radical (unpaired) electrons. The van der Waals surface area contributed by atoms with Gasteiger partial charge in [0.05, 0.1) is 0 Å². The van der Waals surface area contributed by atoms with E-state index in [9.17, 15) is 0 Å². The van der Waals surface area contributed by atoms with Crippen LogP contribution in [0.1, 0.15) is 37.6 Å². The van der Waals surface area contributed by atoms with Gasteiger partial charge in [-0.05, 0) is 34.7 Å². The molecule has 0 unspecified atom stereocenters. The molecule has 1 N–H and O–H groups in total. The monoisotopic (exact) mass is 265 g/mol. The minimum Gasteiger partial charge on any atom is -0.381 e. The minimum absolute atomic E-state index is 0.0969. The van der Waals surface area contributed by atoms with E-state index in [0.717, 1.165) is 11.3 Å². The first-order valence-corrected chi connectivity index (χ1v) is 6.69. The van der Waals surface area contributed by atoms with Crippen molar-refractivity contribution in [1.29, 1.82) is 5.26 Å². The molecule has 0 amide bonds. The highest BCUT2D eigenvalue weighted by molar-refractivity contribution is 5.54. The van der Waals surface area contributed by atoms with Crippen molar-refractivity contribution < 1.29 is 0 Å². The normalized spacial score (nSPS) is 10.9. The summed E-state index contributed by atoms with van der Waals surface area (Å²) < 4.78 is 0. The number of pyridine rings is 1. The Hall–Kier alpha value is -2.34. The van der Waals surface area contributed by atoms with Gasteiger partial charge < -0.3 is 5.32 Å². The smallest absolute Gasteiger partial charge is 0.140 e. The van der Waals surface area contributed by atoms with E-state index in [1.54, 1.807) is 6.20 Å². The van der Waals surface area contributed by atoms with Gasteiger partial charge in [-0.1, -0.05) is 39.0 Å². The summed E-state index contributed by atoms with van der Waals surface area (Å²) >= 11 is 0. The van der Waals surface area contributed by atoms with Gasteiger partial charge in [0.1, 0.15) is 11.8 Å². The molecule has 0 atom stereocenters. The van der Waals surface area contributed by atoms with E-state index in [4.69, 9.17) is 5.26 Å². The van der Waals surface area contributed by atoms with Crippen molar-refractivity contribution in [1.82, 2.24) is 4.98 Å². The lowest BCUT2D eigenvalue weighted by Crippen LogP contribution is -2.14. The maximum atomic E-state index is 8.87. The lowest BCUT2D eigenvalue weighted by Gasteiger charge is -2.23. The third-order valence-corrected chi connectivity index (χ3v) is 3.16. The highest BCUT2D eigenvalue weighted by Gasteiger charge is 2.17. The molecule has 2 aromatic rings. The van der Waals surface area contributed by atoms with Crippen LogP contribution in [0.2, 0.25) is 0 Å². The Bertz CT molecular complexity index is 633. The largest absolute Gasteiger partial charge is 0.381 e. The summed E-state index contributed by atoms with van der Waals surface area (Å²) in [5.41, 5.74) is 4.03. The van der Waals surface area contributed by atoms with Crippen molar-refractivity contribution in [3.8, 4) is 6.07 Å². The summed E-state index contributed by atoms with van der Waals surface area (Å²) in [6, 6.07) is 14.1. The summed E-state index contributed by atoms with van der Waals surface area (Å²) in [5.74, 6) is 0. The third kappa shape index (κ3) is 3.36. The van der Waals surface area contributed by atoms with E-state index < -0.39 is 0 Å². The van der Waals surface area contributed by atoms with Gasteiger partial charge in [0, 0.05) is 18.4 Å². The van der Waals surface area contributed by atoms with Crippen molar-refractivity contribution >= 4 is 5.69 Å². The number of para-hydroxylation sites is 1. The number of anilines is 1. The second kappa shape index (κ2) is 5.75. The molecular formula is C17H19N3. The standard InChI is InChI=1S/C17H19N3/c1-17(2,3)15-6-4-5-7-16(15)20-12-13-8-9-19-14(10-13)11-18/h4-10,20H,12H2,1-3H3. The van der Waals surface area contributed by atoms with Crippen LogP contribution in [0, 0.1) is 11.3 Å². The molecule has 3 heteroatoms. The first-order valence-electron chi connectivity index (χ1n) is 6.69. The third-order valence-electron chi connectivity index (χ3n) is 3.16. The molecule has 0 saturated carbocycles. The quantitative estimate of drug-likeness (QED) is 0.916. The fourth-order valence-corrected chi connectivity index (χ4v) is 2.13. The van der Waals surface area contributed by atoms with Gasteiger partial charge in [-0.25, -0.2) is 4.98 Å². The molecule has 0 bridgehead atoms. The zero-order valence-corrected chi connectivity index (χ0v) is 12.1. The first-order chi connectivity index (χ1) is 9.50. The van der Waals surface area contributed by atoms with Crippen molar-refractivity contribution in [2.75, 3.05) is 5.32 Å². The number of rotatable bonds is 3. The fraction of sp³-hybridized carbons (Fsp3) is 0.294. The maximum absolute atomic E-state index is 8.87. The Labute approximate surface area is 120 Å². The Morgan fingerprint density at radius 1 is 1.20 bits per heavy atom. The predicted molar refractivity (Wildman–Crippen MR) is 81.4 cm³/mol. The molecular weight excluding hydrogens is 246 g/mol. The van der Waals surface area contributed by atoms with Crippen molar-refractivity contribution in [3.63, 3.8) is 0 Å². The summed E-state index contributed by atoms with van der Waals surface area (Å²) in [7, 11) is 0. The summed E-state index contributed by atoms with van der Waals surface area (Å²) in [4.78, 5) is 3.98. The second-order valence-electron chi connectivity index (χ2n) is 5.81. The zero-order chi connectivity index (χ0) is 14.6. The first kappa shape index (κ1) is 14.1. The van der Waals surface area contributed by atoms with Crippen LogP contribution in [-0.4, -0.2) is 4.98 Å². The lowest BCUT2D eigenvalue weighted by atomic mass is 9.86. The van der Waals surface area contributed by atoms with E-state index >= 15 is 0 Å². The molecule has 1 aromatic heterocycles. The van der Waals surface area contributed by atoms with E-state index in [1.165, 1.54) is 5.56 Å². The second-order valence-corrected chi connectivity index (χ2v) is 5.81. The highest BCUT2D eigenvalue weighted by atomic mass is 14.9. The molecule has 0 saturated heterocycles. The van der Waals surface area contributed by atoms with Crippen molar-refractivity contribution in [2.45, 2.75) is 32.7 Å². The van der Waals surface area contributed by atoms with Crippen LogP contribution in [0.25, 0.3) is 0 Å². The molecule has 20 heavy (non-hydrogen) atoms. The molecule has 3 nitrogen and oxygen atoms in total. The molecule has 1 heterocycles. The van der Waals surface area contributed by atoms with Crippen LogP contribution in [-0.2, 0) is 12.0 Å². The van der Waals surface area contributed by atoms with Gasteiger partial charge in [0.2, 0.25) is 0 Å². The van der Waals surface area contributed by atoms with Crippen LogP contribution >= 0.6 is 0 Å². The highest BCUT2D eigenvalue weighted by Crippen LogP contribution is 2.29. The zero-order valence-electron chi connectivity index (χ0n) is 12.1. The Morgan fingerprint density at radius 2 is 1.95 bits per heavy atom. The average Bonchev–Trinajstić information content (AvgIpc) is 2.44. The molecule has 0 spiro atoms. The molecule has 0 aliphatic heterocycles. The molecule has 0 fully saturated rings. The summed E-state index contributed by atoms with van der Waals surface area (Å²) in [6.45, 7) is 7.29. The van der Waals surface area contributed by atoms with Crippen LogP contribution in [0.15, 0.2) is 42.6 Å². The van der Waals surface area contributed by atoms with Gasteiger partial charge in [0.25, 0.3) is 0 Å². The van der Waals surface area contributed by atoms with Crippen molar-refractivity contribution in [2.24, 2.45) is 0 Å².